The average molecular weight is 342 g/mol. The smallest absolute Gasteiger partial charge is 0.320 e. The van der Waals surface area contributed by atoms with E-state index < -0.39 is 12.0 Å². The van der Waals surface area contributed by atoms with Gasteiger partial charge in [0.05, 0.1) is 0 Å². The zero-order valence-corrected chi connectivity index (χ0v) is 9.65. The fraction of sp³-hybridized carbons (Fsp3) is 0.750. The van der Waals surface area contributed by atoms with E-state index in [2.05, 4.69) is 12.6 Å². The zero-order valence-electron chi connectivity index (χ0n) is 4.87. The van der Waals surface area contributed by atoms with Crippen molar-refractivity contribution in [2.24, 2.45) is 5.73 Å². The van der Waals surface area contributed by atoms with Crippen LogP contribution < -0.4 is 5.73 Å². The van der Waals surface area contributed by atoms with E-state index in [1.165, 1.54) is 0 Å². The molecule has 9 heavy (non-hydrogen) atoms. The number of rotatable bonds is 3. The van der Waals surface area contributed by atoms with Gasteiger partial charge in [-0.05, 0) is 12.2 Å². The molecule has 0 aliphatic heterocycles. The Morgan fingerprint density at radius 3 is 2.33 bits per heavy atom. The summed E-state index contributed by atoms with van der Waals surface area (Å²) in [6.07, 6.45) is 0.429. The number of hydrogen-bond acceptors (Lipinski definition) is 3. The fourth-order valence-corrected chi connectivity index (χ4v) is 0.541. The van der Waals surface area contributed by atoms with Crippen LogP contribution in [-0.2, 0) is 4.79 Å². The molecule has 0 heterocycles. The van der Waals surface area contributed by atoms with Gasteiger partial charge < -0.3 is 10.8 Å². The second-order valence-corrected chi connectivity index (χ2v) is 1.90. The van der Waals surface area contributed by atoms with Gasteiger partial charge in [0.15, 0.2) is 0 Å². The van der Waals surface area contributed by atoms with Crippen molar-refractivity contribution in [2.75, 3.05) is 5.75 Å². The van der Waals surface area contributed by atoms with Crippen LogP contribution in [0.2, 0.25) is 0 Å². The molecule has 52 valence electrons. The number of nitrogens with two attached hydrogens (primary N) is 1. The van der Waals surface area contributed by atoms with Gasteiger partial charge in [0.25, 0.3) is 0 Å². The summed E-state index contributed by atoms with van der Waals surface area (Å²) >= 11 is 3.81. The Labute approximate surface area is 79.6 Å². The standard InChI is InChI=1S/C4H9NO2S.Pb/c5-3(1-2-8)4(6)7;/h3,8H,1-2,5H2,(H,6,7);/t3-;/m0./s1. The van der Waals surface area contributed by atoms with Crippen molar-refractivity contribution in [3.05, 3.63) is 0 Å². The number of thiol groups is 1. The molecule has 0 aromatic heterocycles. The predicted molar refractivity (Wildman–Crippen MR) is 39.8 cm³/mol. The Kier molecular flexibility index (Phi) is 9.38. The second-order valence-electron chi connectivity index (χ2n) is 1.46. The van der Waals surface area contributed by atoms with E-state index in [1.54, 1.807) is 0 Å². The largest absolute Gasteiger partial charge is 0.480 e. The topological polar surface area (TPSA) is 63.3 Å². The first-order chi connectivity index (χ1) is 3.68. The van der Waals surface area contributed by atoms with E-state index in [4.69, 9.17) is 10.8 Å². The van der Waals surface area contributed by atoms with Crippen LogP contribution in [0.5, 0.6) is 0 Å². The Morgan fingerprint density at radius 1 is 1.78 bits per heavy atom. The Morgan fingerprint density at radius 2 is 2.22 bits per heavy atom. The molecule has 0 rings (SSSR count). The summed E-state index contributed by atoms with van der Waals surface area (Å²) in [6, 6.07) is -0.743. The summed E-state index contributed by atoms with van der Waals surface area (Å²) < 4.78 is 0. The zero-order chi connectivity index (χ0) is 6.57. The van der Waals surface area contributed by atoms with Crippen LogP contribution in [0.15, 0.2) is 0 Å². The maximum atomic E-state index is 9.93. The molecule has 0 bridgehead atoms. The van der Waals surface area contributed by atoms with Crippen molar-refractivity contribution in [1.82, 2.24) is 0 Å². The maximum absolute atomic E-state index is 9.93. The molecule has 3 N–H and O–H groups in total. The summed E-state index contributed by atoms with van der Waals surface area (Å²) in [4.78, 5) is 9.93. The van der Waals surface area contributed by atoms with Crippen LogP contribution in [0.4, 0.5) is 0 Å². The SMILES string of the molecule is N[C@@H](CCS)C(=O)O.[Pb]. The first-order valence-corrected chi connectivity index (χ1v) is 2.91. The average Bonchev–Trinajstić information content (AvgIpc) is 1.67. The first kappa shape index (κ1) is 12.4. The van der Waals surface area contributed by atoms with Crippen LogP contribution in [0.1, 0.15) is 6.42 Å². The number of carboxylic acids is 1. The molecule has 0 unspecified atom stereocenters. The van der Waals surface area contributed by atoms with Crippen LogP contribution in [0, 0.1) is 0 Å². The van der Waals surface area contributed by atoms with Gasteiger partial charge in [-0.15, -0.1) is 0 Å². The van der Waals surface area contributed by atoms with Crippen molar-refractivity contribution in [2.45, 2.75) is 12.5 Å². The van der Waals surface area contributed by atoms with E-state index in [1.807, 2.05) is 0 Å². The summed E-state index contributed by atoms with van der Waals surface area (Å²) in [7, 11) is 0. The fourth-order valence-electron chi connectivity index (χ4n) is 0.263. The van der Waals surface area contributed by atoms with Crippen LogP contribution in [0.3, 0.4) is 0 Å². The molecule has 0 aromatic carbocycles. The number of carbonyl (C=O) groups is 1. The molecule has 0 aliphatic rings. The maximum Gasteiger partial charge on any atom is 0.320 e. The minimum Gasteiger partial charge on any atom is -0.480 e. The normalized spacial score (nSPS) is 11.8. The van der Waals surface area contributed by atoms with E-state index in [0.29, 0.717) is 12.2 Å². The number of carboxylic acid groups (broad SMARTS) is 1. The molecule has 3 nitrogen and oxygen atoms in total. The quantitative estimate of drug-likeness (QED) is 0.471. The van der Waals surface area contributed by atoms with Gasteiger partial charge in [0, 0.05) is 27.3 Å². The van der Waals surface area contributed by atoms with Gasteiger partial charge >= 0.3 is 5.97 Å². The van der Waals surface area contributed by atoms with E-state index in [0.717, 1.165) is 0 Å². The van der Waals surface area contributed by atoms with Gasteiger partial charge in [-0.2, -0.15) is 12.6 Å². The summed E-state index contributed by atoms with van der Waals surface area (Å²) in [5.74, 6) is -0.438. The molecule has 0 amide bonds. The van der Waals surface area contributed by atoms with Crippen molar-refractivity contribution in [3.63, 3.8) is 0 Å². The molecule has 1 atom stereocenters. The van der Waals surface area contributed by atoms with Crippen molar-refractivity contribution >= 4 is 45.9 Å². The minimum absolute atomic E-state index is 0. The predicted octanol–water partition coefficient (Wildman–Crippen LogP) is -0.663. The molecule has 0 fully saturated rings. The van der Waals surface area contributed by atoms with Crippen molar-refractivity contribution < 1.29 is 9.90 Å². The second kappa shape index (κ2) is 6.82. The molecule has 0 spiro atoms. The van der Waals surface area contributed by atoms with Crippen LogP contribution >= 0.6 is 12.6 Å². The third-order valence-corrected chi connectivity index (χ3v) is 1.02. The van der Waals surface area contributed by atoms with E-state index in [9.17, 15) is 4.79 Å². The van der Waals surface area contributed by atoms with Gasteiger partial charge in [0.1, 0.15) is 6.04 Å². The Bertz CT molecular complexity index is 90.6. The molecular weight excluding hydrogens is 333 g/mol. The van der Waals surface area contributed by atoms with Crippen LogP contribution in [-0.4, -0.2) is 50.2 Å². The Balaban J connectivity index is 0. The van der Waals surface area contributed by atoms with Crippen molar-refractivity contribution in [1.29, 1.82) is 0 Å². The molecule has 0 saturated carbocycles. The molecular formula is C4H9NO2PbS. The third-order valence-electron chi connectivity index (χ3n) is 0.757. The summed E-state index contributed by atoms with van der Waals surface area (Å²) in [5, 5.41) is 8.15. The van der Waals surface area contributed by atoms with Gasteiger partial charge in [-0.1, -0.05) is 0 Å². The first-order valence-electron chi connectivity index (χ1n) is 2.27. The monoisotopic (exact) mass is 343 g/mol. The molecule has 0 aliphatic carbocycles. The van der Waals surface area contributed by atoms with E-state index >= 15 is 0 Å². The minimum atomic E-state index is -0.959. The molecule has 0 saturated heterocycles. The van der Waals surface area contributed by atoms with Gasteiger partial charge in [-0.3, -0.25) is 4.79 Å². The number of hydrogen-bond donors (Lipinski definition) is 3. The molecule has 4 radical (unpaired) electrons. The molecule has 0 aromatic rings. The Hall–Kier alpha value is 0.702. The third kappa shape index (κ3) is 6.59. The van der Waals surface area contributed by atoms with Crippen LogP contribution in [0.25, 0.3) is 0 Å². The van der Waals surface area contributed by atoms with Crippen molar-refractivity contribution in [3.8, 4) is 0 Å². The van der Waals surface area contributed by atoms with Gasteiger partial charge in [-0.25, -0.2) is 0 Å². The molecule has 5 heteroatoms. The van der Waals surface area contributed by atoms with E-state index in [-0.39, 0.29) is 27.3 Å². The van der Waals surface area contributed by atoms with Gasteiger partial charge in [0.2, 0.25) is 0 Å². The summed E-state index contributed by atoms with van der Waals surface area (Å²) in [5.41, 5.74) is 5.08. The number of aliphatic carboxylic acids is 1. The summed E-state index contributed by atoms with van der Waals surface area (Å²) in [6.45, 7) is 0.